The number of unbranched alkanes of at least 4 members (excludes halogenated alkanes) is 1. The van der Waals surface area contributed by atoms with Gasteiger partial charge in [-0.2, -0.15) is 5.26 Å². The Balaban J connectivity index is 1.65. The number of benzene rings is 2. The molecule has 3 rings (SSSR count). The molecular weight excluding hydrogens is 406 g/mol. The van der Waals surface area contributed by atoms with Crippen LogP contribution in [-0.4, -0.2) is 17.5 Å². The number of carbonyl (C=O) groups is 1. The molecule has 0 aliphatic carbocycles. The zero-order valence-corrected chi connectivity index (χ0v) is 18.5. The van der Waals surface area contributed by atoms with Crippen molar-refractivity contribution < 1.29 is 9.53 Å². The minimum Gasteiger partial charge on any atom is -0.494 e. The van der Waals surface area contributed by atoms with Crippen molar-refractivity contribution in [1.82, 2.24) is 4.98 Å². The largest absolute Gasteiger partial charge is 0.494 e. The third-order valence-electron chi connectivity index (χ3n) is 4.71. The number of hydrogen-bond donors (Lipinski definition) is 1. The highest BCUT2D eigenvalue weighted by atomic mass is 32.1. The Morgan fingerprint density at radius 2 is 1.90 bits per heavy atom. The maximum atomic E-state index is 12.6. The van der Waals surface area contributed by atoms with E-state index in [1.54, 1.807) is 6.08 Å². The van der Waals surface area contributed by atoms with Crippen LogP contribution in [0.5, 0.6) is 5.75 Å². The van der Waals surface area contributed by atoms with Gasteiger partial charge in [0.1, 0.15) is 17.4 Å². The van der Waals surface area contributed by atoms with Gasteiger partial charge in [-0.15, -0.1) is 11.3 Å². The van der Waals surface area contributed by atoms with Gasteiger partial charge in [0.15, 0.2) is 5.13 Å². The second-order valence-corrected chi connectivity index (χ2v) is 7.84. The van der Waals surface area contributed by atoms with Crippen LogP contribution in [0.4, 0.5) is 5.13 Å². The monoisotopic (exact) mass is 431 g/mol. The van der Waals surface area contributed by atoms with Crippen LogP contribution in [0.25, 0.3) is 17.3 Å². The number of hydrogen-bond acceptors (Lipinski definition) is 5. The zero-order chi connectivity index (χ0) is 22.1. The summed E-state index contributed by atoms with van der Waals surface area (Å²) < 4.78 is 5.64. The number of nitrogens with zero attached hydrogens (tertiary/aromatic N) is 2. The number of aryl methyl sites for hydroxylation is 1. The molecule has 0 unspecified atom stereocenters. The molecule has 0 bridgehead atoms. The Hall–Kier alpha value is -3.43. The van der Waals surface area contributed by atoms with E-state index in [1.807, 2.05) is 47.8 Å². The number of thiazole rings is 1. The highest BCUT2D eigenvalue weighted by molar-refractivity contribution is 7.14. The van der Waals surface area contributed by atoms with Crippen molar-refractivity contribution in [3.63, 3.8) is 0 Å². The van der Waals surface area contributed by atoms with E-state index in [1.165, 1.54) is 16.9 Å². The van der Waals surface area contributed by atoms with E-state index in [0.717, 1.165) is 41.8 Å². The summed E-state index contributed by atoms with van der Waals surface area (Å²) in [5, 5.41) is 14.5. The summed E-state index contributed by atoms with van der Waals surface area (Å²) in [6.07, 6.45) is 4.62. The van der Waals surface area contributed by atoms with Crippen LogP contribution in [0, 0.1) is 11.3 Å². The van der Waals surface area contributed by atoms with Gasteiger partial charge in [-0.25, -0.2) is 4.98 Å². The fraction of sp³-hybridized carbons (Fsp3) is 0.240. The Kier molecular flexibility index (Phi) is 7.97. The van der Waals surface area contributed by atoms with E-state index in [2.05, 4.69) is 36.3 Å². The standard InChI is InChI=1S/C25H25N3O2S/c1-3-5-14-30-22-12-8-19(9-13-22)15-21(16-26)24(29)28-25-27-23(17-31-25)20-10-6-18(4-2)7-11-20/h6-13,15,17H,3-5,14H2,1-2H3,(H,27,28,29)/b21-15+. The number of nitriles is 1. The molecule has 1 N–H and O–H groups in total. The molecule has 1 heterocycles. The van der Waals surface area contributed by atoms with E-state index in [-0.39, 0.29) is 5.57 Å². The lowest BCUT2D eigenvalue weighted by atomic mass is 10.1. The number of aromatic nitrogens is 1. The molecule has 5 nitrogen and oxygen atoms in total. The second kappa shape index (κ2) is 11.1. The van der Waals surface area contributed by atoms with Crippen molar-refractivity contribution in [3.05, 3.63) is 70.6 Å². The average molecular weight is 432 g/mol. The van der Waals surface area contributed by atoms with Gasteiger partial charge in [0.25, 0.3) is 5.91 Å². The fourth-order valence-electron chi connectivity index (χ4n) is 2.85. The molecule has 0 atom stereocenters. The van der Waals surface area contributed by atoms with Crippen molar-refractivity contribution in [2.75, 3.05) is 11.9 Å². The number of nitrogens with one attached hydrogen (secondary N) is 1. The molecule has 2 aromatic carbocycles. The van der Waals surface area contributed by atoms with Gasteiger partial charge in [-0.3, -0.25) is 10.1 Å². The first-order chi connectivity index (χ1) is 15.1. The van der Waals surface area contributed by atoms with Gasteiger partial charge in [0, 0.05) is 10.9 Å². The lowest BCUT2D eigenvalue weighted by Gasteiger charge is -2.05. The summed E-state index contributed by atoms with van der Waals surface area (Å²) >= 11 is 1.33. The molecule has 158 valence electrons. The van der Waals surface area contributed by atoms with Crippen LogP contribution in [0.2, 0.25) is 0 Å². The smallest absolute Gasteiger partial charge is 0.268 e. The van der Waals surface area contributed by atoms with Gasteiger partial charge >= 0.3 is 0 Å². The van der Waals surface area contributed by atoms with Crippen LogP contribution in [-0.2, 0) is 11.2 Å². The van der Waals surface area contributed by atoms with E-state index in [0.29, 0.717) is 11.7 Å². The summed E-state index contributed by atoms with van der Waals surface area (Å²) in [5.41, 5.74) is 3.82. The summed E-state index contributed by atoms with van der Waals surface area (Å²) in [4.78, 5) is 17.0. The lowest BCUT2D eigenvalue weighted by Crippen LogP contribution is -2.13. The summed E-state index contributed by atoms with van der Waals surface area (Å²) in [7, 11) is 0. The van der Waals surface area contributed by atoms with Gasteiger partial charge in [0.05, 0.1) is 12.3 Å². The number of carbonyl (C=O) groups excluding carboxylic acids is 1. The highest BCUT2D eigenvalue weighted by Crippen LogP contribution is 2.26. The van der Waals surface area contributed by atoms with E-state index in [4.69, 9.17) is 4.74 Å². The maximum Gasteiger partial charge on any atom is 0.268 e. The lowest BCUT2D eigenvalue weighted by molar-refractivity contribution is -0.112. The molecule has 0 radical (unpaired) electrons. The summed E-state index contributed by atoms with van der Waals surface area (Å²) in [5.74, 6) is 0.295. The topological polar surface area (TPSA) is 75.0 Å². The van der Waals surface area contributed by atoms with E-state index in [9.17, 15) is 10.1 Å². The Bertz CT molecular complexity index is 1080. The predicted molar refractivity (Wildman–Crippen MR) is 126 cm³/mol. The van der Waals surface area contributed by atoms with Gasteiger partial charge in [0.2, 0.25) is 0 Å². The molecule has 31 heavy (non-hydrogen) atoms. The SMILES string of the molecule is CCCCOc1ccc(/C=C(\C#N)C(=O)Nc2nc(-c3ccc(CC)cc3)cs2)cc1. The van der Waals surface area contributed by atoms with E-state index < -0.39 is 5.91 Å². The van der Waals surface area contributed by atoms with E-state index >= 15 is 0 Å². The number of amides is 1. The molecule has 3 aromatic rings. The molecule has 0 spiro atoms. The quantitative estimate of drug-likeness (QED) is 0.252. The van der Waals surface area contributed by atoms with Crippen molar-refractivity contribution in [1.29, 1.82) is 5.26 Å². The van der Waals surface area contributed by atoms with Crippen molar-refractivity contribution in [2.45, 2.75) is 33.1 Å². The second-order valence-electron chi connectivity index (χ2n) is 6.98. The minimum atomic E-state index is -0.479. The Morgan fingerprint density at radius 1 is 1.16 bits per heavy atom. The third-order valence-corrected chi connectivity index (χ3v) is 5.46. The average Bonchev–Trinajstić information content (AvgIpc) is 3.27. The summed E-state index contributed by atoms with van der Waals surface area (Å²) in [6.45, 7) is 4.90. The third kappa shape index (κ3) is 6.27. The zero-order valence-electron chi connectivity index (χ0n) is 17.7. The van der Waals surface area contributed by atoms with Crippen molar-refractivity contribution in [2.24, 2.45) is 0 Å². The normalized spacial score (nSPS) is 11.1. The first-order valence-corrected chi connectivity index (χ1v) is 11.2. The van der Waals surface area contributed by atoms with Crippen LogP contribution in [0.3, 0.4) is 0 Å². The Morgan fingerprint density at radius 3 is 2.55 bits per heavy atom. The molecule has 0 fully saturated rings. The molecule has 0 aliphatic heterocycles. The van der Waals surface area contributed by atoms with Gasteiger partial charge in [-0.1, -0.05) is 56.7 Å². The predicted octanol–water partition coefficient (Wildman–Crippen LogP) is 6.10. The molecule has 1 amide bonds. The first kappa shape index (κ1) is 22.3. The first-order valence-electron chi connectivity index (χ1n) is 10.3. The molecule has 6 heteroatoms. The Labute approximate surface area is 187 Å². The van der Waals surface area contributed by atoms with Gasteiger partial charge < -0.3 is 4.74 Å². The molecule has 0 aliphatic rings. The number of anilines is 1. The highest BCUT2D eigenvalue weighted by Gasteiger charge is 2.13. The van der Waals surface area contributed by atoms with Crippen LogP contribution < -0.4 is 10.1 Å². The fourth-order valence-corrected chi connectivity index (χ4v) is 3.56. The molecule has 1 aromatic heterocycles. The number of rotatable bonds is 9. The summed E-state index contributed by atoms with van der Waals surface area (Å²) in [6, 6.07) is 17.5. The minimum absolute atomic E-state index is 0.0173. The number of ether oxygens (including phenoxy) is 1. The van der Waals surface area contributed by atoms with Crippen LogP contribution >= 0.6 is 11.3 Å². The maximum absolute atomic E-state index is 12.6. The molecule has 0 saturated heterocycles. The van der Waals surface area contributed by atoms with Crippen LogP contribution in [0.15, 0.2) is 59.5 Å². The van der Waals surface area contributed by atoms with Crippen molar-refractivity contribution >= 4 is 28.5 Å². The molecular formula is C25H25N3O2S. The molecule has 0 saturated carbocycles. The van der Waals surface area contributed by atoms with Crippen LogP contribution in [0.1, 0.15) is 37.8 Å². The van der Waals surface area contributed by atoms with Crippen molar-refractivity contribution in [3.8, 4) is 23.1 Å². The van der Waals surface area contributed by atoms with Gasteiger partial charge in [-0.05, 0) is 42.2 Å².